The fourth-order valence-electron chi connectivity index (χ4n) is 6.38. The van der Waals surface area contributed by atoms with Crippen LogP contribution in [0.1, 0.15) is 72.2 Å². The lowest BCUT2D eigenvalue weighted by atomic mass is 9.72. The molecule has 1 saturated carbocycles. The van der Waals surface area contributed by atoms with Gasteiger partial charge in [-0.25, -0.2) is 4.79 Å². The van der Waals surface area contributed by atoms with Crippen molar-refractivity contribution < 1.29 is 57.2 Å². The number of rotatable bonds is 6. The van der Waals surface area contributed by atoms with Crippen molar-refractivity contribution in [2.24, 2.45) is 23.2 Å². The SMILES string of the molecule is C=C1[C@H](OC(C)=O)[C@H]2[C@@H](OC(C)=O)[C@@H](C)C[C@]2(OC(C)=O)C(=O)[C@@H](C)/C=C/C(C)(C)C(=O)[C@H](OC(C)=O)[C@H]1OC(=O)c1ccccc1. The van der Waals surface area contributed by atoms with E-state index in [1.165, 1.54) is 38.1 Å². The van der Waals surface area contributed by atoms with Crippen molar-refractivity contribution in [1.29, 1.82) is 0 Å². The van der Waals surface area contributed by atoms with Crippen LogP contribution in [0.2, 0.25) is 0 Å². The molecule has 0 aromatic heterocycles. The van der Waals surface area contributed by atoms with Crippen LogP contribution < -0.4 is 0 Å². The minimum atomic E-state index is -2.05. The average Bonchev–Trinajstić information content (AvgIpc) is 3.24. The van der Waals surface area contributed by atoms with E-state index in [-0.39, 0.29) is 17.6 Å². The Kier molecular flexibility index (Phi) is 11.3. The van der Waals surface area contributed by atoms with Crippen LogP contribution in [0.25, 0.3) is 0 Å². The van der Waals surface area contributed by atoms with E-state index >= 15 is 0 Å². The molecule has 0 amide bonds. The van der Waals surface area contributed by atoms with Crippen molar-refractivity contribution in [2.75, 3.05) is 0 Å². The van der Waals surface area contributed by atoms with Gasteiger partial charge >= 0.3 is 29.8 Å². The van der Waals surface area contributed by atoms with Crippen molar-refractivity contribution >= 4 is 41.4 Å². The quantitative estimate of drug-likeness (QED) is 0.247. The fourth-order valence-corrected chi connectivity index (χ4v) is 6.38. The molecule has 0 unspecified atom stereocenters. The fraction of sp³-hybridized carbons (Fsp3) is 0.514. The summed E-state index contributed by atoms with van der Waals surface area (Å²) in [4.78, 5) is 92.6. The first kappa shape index (κ1) is 36.9. The monoisotopic (exact) mass is 654 g/mol. The van der Waals surface area contributed by atoms with E-state index < -0.39 is 94.6 Å². The standard InChI is InChI=1S/C35H42O12/c1-18-15-16-34(8,9)32(41)30(45-23(6)38)29(46-33(42)25-13-11-10-12-14-25)20(3)28(44-22(5)37)26-27(43-21(4)36)19(2)17-35(26,31(18)40)47-24(7)39/h10-16,18-19,26-30H,3,17H2,1-2,4-9H3/b16-15+/t18-,19-,26+,27-,28-,29-,30+,35+/m0/s1. The van der Waals surface area contributed by atoms with Crippen LogP contribution in [-0.4, -0.2) is 71.4 Å². The van der Waals surface area contributed by atoms with E-state index in [0.29, 0.717) is 0 Å². The highest BCUT2D eigenvalue weighted by Gasteiger charge is 2.65. The zero-order chi connectivity index (χ0) is 35.4. The van der Waals surface area contributed by atoms with Crippen molar-refractivity contribution in [3.05, 3.63) is 60.2 Å². The topological polar surface area (TPSA) is 166 Å². The Morgan fingerprint density at radius 3 is 1.83 bits per heavy atom. The van der Waals surface area contributed by atoms with Crippen molar-refractivity contribution in [2.45, 2.75) is 91.8 Å². The van der Waals surface area contributed by atoms with E-state index in [0.717, 1.165) is 27.7 Å². The van der Waals surface area contributed by atoms with Crippen LogP contribution in [0.3, 0.4) is 0 Å². The van der Waals surface area contributed by atoms with Crippen molar-refractivity contribution in [3.8, 4) is 0 Å². The first-order chi connectivity index (χ1) is 21.8. The van der Waals surface area contributed by atoms with Gasteiger partial charge in [-0.2, -0.15) is 0 Å². The van der Waals surface area contributed by atoms with Gasteiger partial charge in [0.15, 0.2) is 23.3 Å². The third-order valence-corrected chi connectivity index (χ3v) is 8.39. The number of hydrogen-bond donors (Lipinski definition) is 0. The van der Waals surface area contributed by atoms with Crippen LogP contribution in [0.15, 0.2) is 54.6 Å². The normalized spacial score (nSPS) is 31.2. The number of carbonyl (C=O) groups is 7. The molecule has 1 aromatic carbocycles. The van der Waals surface area contributed by atoms with E-state index in [9.17, 15) is 33.6 Å². The van der Waals surface area contributed by atoms with Gasteiger partial charge in [0.25, 0.3) is 0 Å². The molecular formula is C35H42O12. The Hall–Kier alpha value is -4.61. The van der Waals surface area contributed by atoms with E-state index in [2.05, 4.69) is 6.58 Å². The lowest BCUT2D eigenvalue weighted by Crippen LogP contribution is -2.58. The maximum absolute atomic E-state index is 14.5. The zero-order valence-corrected chi connectivity index (χ0v) is 27.9. The molecule has 0 aliphatic heterocycles. The molecule has 2 aliphatic carbocycles. The van der Waals surface area contributed by atoms with Gasteiger partial charge in [0, 0.05) is 51.0 Å². The van der Waals surface area contributed by atoms with E-state index in [1.807, 2.05) is 0 Å². The second-order valence-electron chi connectivity index (χ2n) is 12.7. The first-order valence-corrected chi connectivity index (χ1v) is 15.3. The molecular weight excluding hydrogens is 612 g/mol. The minimum Gasteiger partial charge on any atom is -0.462 e. The Morgan fingerprint density at radius 2 is 1.30 bits per heavy atom. The molecule has 8 atom stereocenters. The zero-order valence-electron chi connectivity index (χ0n) is 27.9. The maximum Gasteiger partial charge on any atom is 0.338 e. The summed E-state index contributed by atoms with van der Waals surface area (Å²) < 4.78 is 28.8. The summed E-state index contributed by atoms with van der Waals surface area (Å²) in [6.45, 7) is 14.7. The maximum atomic E-state index is 14.5. The lowest BCUT2D eigenvalue weighted by Gasteiger charge is -2.42. The van der Waals surface area contributed by atoms with Crippen LogP contribution in [0.4, 0.5) is 0 Å². The second-order valence-corrected chi connectivity index (χ2v) is 12.7. The molecule has 0 radical (unpaired) electrons. The van der Waals surface area contributed by atoms with Gasteiger partial charge in [0.2, 0.25) is 6.10 Å². The van der Waals surface area contributed by atoms with Crippen LogP contribution in [0.5, 0.6) is 0 Å². The highest BCUT2D eigenvalue weighted by Crippen LogP contribution is 2.51. The predicted octanol–water partition coefficient (Wildman–Crippen LogP) is 3.89. The third kappa shape index (κ3) is 8.04. The summed E-state index contributed by atoms with van der Waals surface area (Å²) in [5.74, 6) is -8.65. The van der Waals surface area contributed by atoms with Gasteiger partial charge in [0.1, 0.15) is 12.2 Å². The molecule has 1 fully saturated rings. The molecule has 2 aliphatic rings. The number of hydrogen-bond acceptors (Lipinski definition) is 12. The van der Waals surface area contributed by atoms with Gasteiger partial charge in [-0.3, -0.25) is 28.8 Å². The van der Waals surface area contributed by atoms with Gasteiger partial charge in [-0.15, -0.1) is 0 Å². The molecule has 12 heteroatoms. The molecule has 12 nitrogen and oxygen atoms in total. The van der Waals surface area contributed by atoms with Gasteiger partial charge < -0.3 is 23.7 Å². The number of Topliss-reactive ketones (excluding diaryl/α,β-unsaturated/α-hetero) is 2. The Morgan fingerprint density at radius 1 is 0.745 bits per heavy atom. The average molecular weight is 655 g/mol. The van der Waals surface area contributed by atoms with Crippen molar-refractivity contribution in [1.82, 2.24) is 0 Å². The summed E-state index contributed by atoms with van der Waals surface area (Å²) in [6, 6.07) is 7.76. The molecule has 0 N–H and O–H groups in total. The predicted molar refractivity (Wildman–Crippen MR) is 165 cm³/mol. The number of allylic oxidation sites excluding steroid dienone is 2. The summed E-state index contributed by atoms with van der Waals surface area (Å²) in [5, 5.41) is 0. The first-order valence-electron chi connectivity index (χ1n) is 15.3. The number of fused-ring (bicyclic) bond motifs is 1. The van der Waals surface area contributed by atoms with Crippen molar-refractivity contribution in [3.63, 3.8) is 0 Å². The van der Waals surface area contributed by atoms with Crippen LogP contribution in [-0.2, 0) is 52.5 Å². The number of carbonyl (C=O) groups excluding carboxylic acids is 7. The Labute approximate surface area is 273 Å². The number of ether oxygens (including phenoxy) is 5. The second kappa shape index (κ2) is 14.4. The summed E-state index contributed by atoms with van der Waals surface area (Å²) >= 11 is 0. The summed E-state index contributed by atoms with van der Waals surface area (Å²) in [6.07, 6.45) is -3.71. The highest BCUT2D eigenvalue weighted by atomic mass is 16.6. The largest absolute Gasteiger partial charge is 0.462 e. The van der Waals surface area contributed by atoms with E-state index in [1.54, 1.807) is 32.0 Å². The molecule has 0 saturated heterocycles. The van der Waals surface area contributed by atoms with Gasteiger partial charge in [0.05, 0.1) is 11.5 Å². The smallest absolute Gasteiger partial charge is 0.338 e. The summed E-state index contributed by atoms with van der Waals surface area (Å²) in [5.41, 5.74) is -3.66. The molecule has 1 aromatic rings. The third-order valence-electron chi connectivity index (χ3n) is 8.39. The Bertz CT molecular complexity index is 1470. The molecule has 0 heterocycles. The molecule has 0 bridgehead atoms. The lowest BCUT2D eigenvalue weighted by molar-refractivity contribution is -0.186. The molecule has 254 valence electrons. The molecule has 0 spiro atoms. The van der Waals surface area contributed by atoms with Crippen LogP contribution in [0, 0.1) is 23.2 Å². The van der Waals surface area contributed by atoms with Crippen LogP contribution >= 0.6 is 0 Å². The Balaban J connectivity index is 2.44. The number of benzene rings is 1. The summed E-state index contributed by atoms with van der Waals surface area (Å²) in [7, 11) is 0. The van der Waals surface area contributed by atoms with E-state index in [4.69, 9.17) is 23.7 Å². The minimum absolute atomic E-state index is 0.0779. The highest BCUT2D eigenvalue weighted by molar-refractivity contribution is 5.96. The van der Waals surface area contributed by atoms with Gasteiger partial charge in [-0.1, -0.05) is 50.8 Å². The van der Waals surface area contributed by atoms with Gasteiger partial charge in [-0.05, 0) is 31.9 Å². The molecule has 47 heavy (non-hydrogen) atoms. The number of ketones is 2. The molecule has 3 rings (SSSR count). The number of esters is 5.